The largest absolute Gasteiger partial charge is 0.456 e. The van der Waals surface area contributed by atoms with Crippen LogP contribution in [-0.4, -0.2) is 13.9 Å². The van der Waals surface area contributed by atoms with Gasteiger partial charge in [-0.05, 0) is 6.82 Å². The van der Waals surface area contributed by atoms with Gasteiger partial charge in [0.15, 0.2) is 0 Å². The van der Waals surface area contributed by atoms with Gasteiger partial charge in [-0.1, -0.05) is 21.3 Å². The Labute approximate surface area is 52.3 Å². The number of hydrogen-bond donors (Lipinski definition) is 0. The van der Waals surface area contributed by atoms with E-state index in [9.17, 15) is 0 Å². The molecule has 0 aliphatic carbocycles. The molecule has 0 N–H and O–H groups in total. The molecule has 1 aliphatic heterocycles. The lowest BCUT2D eigenvalue weighted by Gasteiger charge is -2.18. The van der Waals surface area contributed by atoms with E-state index in [0.29, 0.717) is 6.79 Å². The van der Waals surface area contributed by atoms with Crippen LogP contribution >= 0.6 is 0 Å². The molecular weight excluding hydrogens is 103 g/mol. The van der Waals surface area contributed by atoms with E-state index in [1.807, 2.05) is 20.7 Å². The molecule has 50 valence electrons. The third kappa shape index (κ3) is 4.15. The lowest BCUT2D eigenvalue weighted by molar-refractivity contribution is -0.00865. The van der Waals surface area contributed by atoms with Crippen molar-refractivity contribution >= 4 is 7.12 Å². The third-order valence-electron chi connectivity index (χ3n) is 0.605. The molecule has 0 amide bonds. The fraction of sp³-hybridized carbons (Fsp3) is 1.00. The predicted octanol–water partition coefficient (Wildman–Crippen LogP) is 1.77. The van der Waals surface area contributed by atoms with Crippen LogP contribution in [0.2, 0.25) is 6.82 Å². The van der Waals surface area contributed by atoms with E-state index in [-0.39, 0.29) is 14.5 Å². The Morgan fingerprint density at radius 3 is 1.50 bits per heavy atom. The topological polar surface area (TPSA) is 18.5 Å². The van der Waals surface area contributed by atoms with Crippen molar-refractivity contribution in [3.8, 4) is 0 Å². The summed E-state index contributed by atoms with van der Waals surface area (Å²) in [6.45, 7) is 6.35. The van der Waals surface area contributed by atoms with Crippen LogP contribution < -0.4 is 0 Å². The summed E-state index contributed by atoms with van der Waals surface area (Å²) in [7, 11) is 0.0648. The van der Waals surface area contributed by atoms with Gasteiger partial charge in [-0.3, -0.25) is 0 Å². The Hall–Kier alpha value is -0.0151. The van der Waals surface area contributed by atoms with E-state index >= 15 is 0 Å². The molecule has 3 heteroatoms. The van der Waals surface area contributed by atoms with Crippen LogP contribution in [-0.2, 0) is 9.31 Å². The van der Waals surface area contributed by atoms with E-state index in [4.69, 9.17) is 9.31 Å². The molecule has 0 bridgehead atoms. The molecule has 2 nitrogen and oxygen atoms in total. The van der Waals surface area contributed by atoms with E-state index in [2.05, 4.69) is 0 Å². The van der Waals surface area contributed by atoms with Crippen LogP contribution in [0.1, 0.15) is 21.3 Å². The summed E-state index contributed by atoms with van der Waals surface area (Å²) < 4.78 is 9.42. The number of rotatable bonds is 0. The average molecular weight is 118 g/mol. The lowest BCUT2D eigenvalue weighted by Crippen LogP contribution is -2.31. The van der Waals surface area contributed by atoms with Crippen molar-refractivity contribution in [3.05, 3.63) is 0 Å². The standard InChI is InChI=1S/C2H5BO2.C2H6.CH4/c1-3-4-2-5-3;1-2;/h2H2,1H3;1-2H3;1H4. The Balaban J connectivity index is 0. The van der Waals surface area contributed by atoms with Gasteiger partial charge in [0, 0.05) is 0 Å². The van der Waals surface area contributed by atoms with Crippen molar-refractivity contribution in [1.82, 2.24) is 0 Å². The van der Waals surface area contributed by atoms with Gasteiger partial charge in [0.05, 0.1) is 0 Å². The second-order valence-corrected chi connectivity index (χ2v) is 1.02. The summed E-state index contributed by atoms with van der Waals surface area (Å²) in [6, 6.07) is 0. The zero-order valence-corrected chi connectivity index (χ0v) is 5.10. The van der Waals surface area contributed by atoms with E-state index in [1.165, 1.54) is 0 Å². The van der Waals surface area contributed by atoms with Gasteiger partial charge in [-0.15, -0.1) is 0 Å². The van der Waals surface area contributed by atoms with Crippen molar-refractivity contribution in [2.45, 2.75) is 28.1 Å². The minimum atomic E-state index is 0. The zero-order valence-electron chi connectivity index (χ0n) is 5.10. The van der Waals surface area contributed by atoms with Gasteiger partial charge in [0.25, 0.3) is 0 Å². The van der Waals surface area contributed by atoms with Gasteiger partial charge in [-0.2, -0.15) is 0 Å². The average Bonchev–Trinajstić information content (AvgIpc) is 1.68. The van der Waals surface area contributed by atoms with Crippen LogP contribution in [0, 0.1) is 0 Å². The molecule has 0 aromatic carbocycles. The summed E-state index contributed by atoms with van der Waals surface area (Å²) in [5.74, 6) is 0. The van der Waals surface area contributed by atoms with Crippen molar-refractivity contribution in [2.75, 3.05) is 6.79 Å². The second kappa shape index (κ2) is 6.98. The van der Waals surface area contributed by atoms with Crippen LogP contribution in [0.3, 0.4) is 0 Å². The maximum absolute atomic E-state index is 4.71. The number of hydrogen-bond acceptors (Lipinski definition) is 2. The van der Waals surface area contributed by atoms with Crippen LogP contribution in [0.25, 0.3) is 0 Å². The molecule has 0 saturated carbocycles. The van der Waals surface area contributed by atoms with Crippen LogP contribution in [0.5, 0.6) is 0 Å². The molecule has 0 atom stereocenters. The normalized spacial score (nSPS) is 14.6. The molecule has 0 aromatic rings. The van der Waals surface area contributed by atoms with Crippen LogP contribution in [0.4, 0.5) is 0 Å². The van der Waals surface area contributed by atoms with Crippen molar-refractivity contribution in [3.63, 3.8) is 0 Å². The summed E-state index contributed by atoms with van der Waals surface area (Å²) in [5.41, 5.74) is 0. The summed E-state index contributed by atoms with van der Waals surface area (Å²) in [6.07, 6.45) is 0. The first-order chi connectivity index (χ1) is 3.39. The van der Waals surface area contributed by atoms with Crippen molar-refractivity contribution < 1.29 is 9.31 Å². The predicted molar refractivity (Wildman–Crippen MR) is 36.7 cm³/mol. The highest BCUT2D eigenvalue weighted by Gasteiger charge is 2.17. The zero-order chi connectivity index (χ0) is 5.70. The maximum Gasteiger partial charge on any atom is 0.456 e. The summed E-state index contributed by atoms with van der Waals surface area (Å²) >= 11 is 0. The Morgan fingerprint density at radius 1 is 1.25 bits per heavy atom. The molecule has 0 aromatic heterocycles. The fourth-order valence-corrected chi connectivity index (χ4v) is 0.204. The molecule has 1 heterocycles. The van der Waals surface area contributed by atoms with Gasteiger partial charge >= 0.3 is 7.12 Å². The maximum atomic E-state index is 4.71. The highest BCUT2D eigenvalue weighted by Crippen LogP contribution is 1.97. The fourth-order valence-electron chi connectivity index (χ4n) is 0.204. The third-order valence-corrected chi connectivity index (χ3v) is 0.605. The minimum Gasteiger partial charge on any atom is -0.389 e. The first kappa shape index (κ1) is 10.9. The van der Waals surface area contributed by atoms with Gasteiger partial charge in [0.1, 0.15) is 6.79 Å². The van der Waals surface area contributed by atoms with Crippen LogP contribution in [0.15, 0.2) is 0 Å². The highest BCUT2D eigenvalue weighted by molar-refractivity contribution is 6.44. The molecule has 1 fully saturated rings. The molecule has 1 rings (SSSR count). The Kier molecular flexibility index (Phi) is 9.50. The quantitative estimate of drug-likeness (QED) is 0.451. The molecule has 0 radical (unpaired) electrons. The molecule has 0 unspecified atom stereocenters. The lowest BCUT2D eigenvalue weighted by atomic mass is 9.94. The molecule has 8 heavy (non-hydrogen) atoms. The first-order valence-electron chi connectivity index (χ1n) is 2.63. The Bertz CT molecular complexity index is 37.4. The van der Waals surface area contributed by atoms with E-state index < -0.39 is 0 Å². The minimum absolute atomic E-state index is 0. The van der Waals surface area contributed by atoms with E-state index in [0.717, 1.165) is 0 Å². The van der Waals surface area contributed by atoms with Gasteiger partial charge in [-0.25, -0.2) is 0 Å². The second-order valence-electron chi connectivity index (χ2n) is 1.02. The summed E-state index contributed by atoms with van der Waals surface area (Å²) in [5, 5.41) is 0. The highest BCUT2D eigenvalue weighted by atomic mass is 16.8. The monoisotopic (exact) mass is 118 g/mol. The van der Waals surface area contributed by atoms with E-state index in [1.54, 1.807) is 0 Å². The SMILES string of the molecule is C.CB1OCO1.CC. The smallest absolute Gasteiger partial charge is 0.389 e. The molecule has 1 saturated heterocycles. The molecule has 1 aliphatic rings. The van der Waals surface area contributed by atoms with Gasteiger partial charge in [0.2, 0.25) is 0 Å². The Morgan fingerprint density at radius 2 is 1.50 bits per heavy atom. The molecule has 0 spiro atoms. The summed E-state index contributed by atoms with van der Waals surface area (Å²) in [4.78, 5) is 0. The first-order valence-corrected chi connectivity index (χ1v) is 2.63. The van der Waals surface area contributed by atoms with Crippen molar-refractivity contribution in [2.24, 2.45) is 0 Å². The van der Waals surface area contributed by atoms with Crippen molar-refractivity contribution in [1.29, 1.82) is 0 Å². The van der Waals surface area contributed by atoms with Gasteiger partial charge < -0.3 is 9.31 Å². The molecular formula is C5H15BO2.